The van der Waals surface area contributed by atoms with Gasteiger partial charge >= 0.3 is 0 Å². The second-order valence-electron chi connectivity index (χ2n) is 10.9. The third-order valence-corrected chi connectivity index (χ3v) is 7.91. The van der Waals surface area contributed by atoms with Gasteiger partial charge in [-0.2, -0.15) is 0 Å². The number of nitrogens with zero attached hydrogens (tertiary/aromatic N) is 1. The van der Waals surface area contributed by atoms with Gasteiger partial charge in [-0.25, -0.2) is 4.99 Å². The topological polar surface area (TPSA) is 108 Å². The summed E-state index contributed by atoms with van der Waals surface area (Å²) in [6, 6.07) is 30.4. The SMILES string of the molecule is COc1cccc([C@H]2OC(c3ccc(OCCCO)cc3)=N[C@@]2(Cc2ccccc2)C(=O)NCCc2cc(OC)ccc2OC)c1. The van der Waals surface area contributed by atoms with E-state index in [1.807, 2.05) is 97.1 Å². The molecule has 0 spiro atoms. The van der Waals surface area contributed by atoms with Crippen LogP contribution in [0.15, 0.2) is 102 Å². The Morgan fingerprint density at radius 3 is 2.33 bits per heavy atom. The maximum Gasteiger partial charge on any atom is 0.252 e. The zero-order valence-corrected chi connectivity index (χ0v) is 26.4. The van der Waals surface area contributed by atoms with Gasteiger partial charge in [-0.15, -0.1) is 0 Å². The van der Waals surface area contributed by atoms with E-state index < -0.39 is 11.6 Å². The Bertz CT molecular complexity index is 1620. The first-order chi connectivity index (χ1) is 22.5. The van der Waals surface area contributed by atoms with Crippen LogP contribution in [-0.4, -0.2) is 63.5 Å². The van der Waals surface area contributed by atoms with Crippen LogP contribution >= 0.6 is 0 Å². The Balaban J connectivity index is 1.51. The molecule has 0 aliphatic carbocycles. The molecular weight excluding hydrogens is 584 g/mol. The molecule has 0 saturated heterocycles. The molecule has 4 aromatic rings. The minimum Gasteiger partial charge on any atom is -0.497 e. The van der Waals surface area contributed by atoms with E-state index in [9.17, 15) is 4.79 Å². The highest BCUT2D eigenvalue weighted by Crippen LogP contribution is 2.43. The van der Waals surface area contributed by atoms with Gasteiger partial charge in [-0.05, 0) is 77.7 Å². The van der Waals surface area contributed by atoms with Crippen molar-refractivity contribution in [2.75, 3.05) is 41.1 Å². The lowest BCUT2D eigenvalue weighted by Crippen LogP contribution is -2.50. The van der Waals surface area contributed by atoms with Gasteiger partial charge in [0.25, 0.3) is 5.91 Å². The first-order valence-electron chi connectivity index (χ1n) is 15.3. The summed E-state index contributed by atoms with van der Waals surface area (Å²) in [6.07, 6.45) is 0.619. The number of carbonyl (C=O) groups excluding carboxylic acids is 1. The summed E-state index contributed by atoms with van der Waals surface area (Å²) in [6.45, 7) is 0.814. The molecule has 1 heterocycles. The lowest BCUT2D eigenvalue weighted by Gasteiger charge is -2.31. The Morgan fingerprint density at radius 2 is 1.61 bits per heavy atom. The lowest BCUT2D eigenvalue weighted by atomic mass is 9.82. The number of carbonyl (C=O) groups is 1. The molecule has 9 nitrogen and oxygen atoms in total. The van der Waals surface area contributed by atoms with Gasteiger partial charge < -0.3 is 34.1 Å². The summed E-state index contributed by atoms with van der Waals surface area (Å²) >= 11 is 0. The van der Waals surface area contributed by atoms with Crippen molar-refractivity contribution in [3.05, 3.63) is 119 Å². The zero-order valence-electron chi connectivity index (χ0n) is 26.4. The monoisotopic (exact) mass is 624 g/mol. The molecule has 9 heteroatoms. The van der Waals surface area contributed by atoms with Crippen molar-refractivity contribution in [2.24, 2.45) is 4.99 Å². The van der Waals surface area contributed by atoms with Gasteiger partial charge in [-0.1, -0.05) is 42.5 Å². The van der Waals surface area contributed by atoms with E-state index in [1.165, 1.54) is 0 Å². The quantitative estimate of drug-likeness (QED) is 0.172. The normalized spacial score (nSPS) is 17.0. The maximum atomic E-state index is 14.5. The van der Waals surface area contributed by atoms with Crippen LogP contribution in [0.5, 0.6) is 23.0 Å². The Kier molecular flexibility index (Phi) is 10.8. The standard InChI is InChI=1S/C37H40N2O7/c1-42-31-12-7-11-29(24-31)34-37(25-26-9-5-4-6-10-26,36(41)38-20-19-28-23-32(43-2)17-18-33(28)44-3)39-35(46-34)27-13-15-30(16-14-27)45-22-8-21-40/h4-7,9-18,23-24,34,40H,8,19-22,25H2,1-3H3,(H,38,41)/t34-,37-/m1/s1. The third kappa shape index (κ3) is 7.43. The molecule has 5 rings (SSSR count). The highest BCUT2D eigenvalue weighted by Gasteiger charge is 2.53. The number of rotatable bonds is 15. The fraction of sp³-hybridized carbons (Fsp3) is 0.297. The van der Waals surface area contributed by atoms with Crippen LogP contribution in [0.3, 0.4) is 0 Å². The fourth-order valence-electron chi connectivity index (χ4n) is 5.54. The molecule has 240 valence electrons. The molecule has 4 aromatic carbocycles. The number of hydrogen-bond acceptors (Lipinski definition) is 8. The van der Waals surface area contributed by atoms with Crippen molar-refractivity contribution in [3.8, 4) is 23.0 Å². The van der Waals surface area contributed by atoms with Crippen molar-refractivity contribution in [1.29, 1.82) is 0 Å². The second-order valence-corrected chi connectivity index (χ2v) is 10.9. The van der Waals surface area contributed by atoms with Gasteiger partial charge in [0.05, 0.1) is 27.9 Å². The molecule has 1 aliphatic rings. The molecule has 2 N–H and O–H groups in total. The van der Waals surface area contributed by atoms with Gasteiger partial charge in [-0.3, -0.25) is 4.79 Å². The molecule has 2 atom stereocenters. The van der Waals surface area contributed by atoms with Crippen molar-refractivity contribution in [1.82, 2.24) is 5.32 Å². The van der Waals surface area contributed by atoms with Crippen LogP contribution in [0, 0.1) is 0 Å². The van der Waals surface area contributed by atoms with Crippen molar-refractivity contribution >= 4 is 11.8 Å². The minimum atomic E-state index is -1.34. The van der Waals surface area contributed by atoms with E-state index in [0.29, 0.717) is 61.1 Å². The fourth-order valence-corrected chi connectivity index (χ4v) is 5.54. The van der Waals surface area contributed by atoms with Crippen LogP contribution in [0.25, 0.3) is 0 Å². The van der Waals surface area contributed by atoms with Gasteiger partial charge in [0.2, 0.25) is 5.90 Å². The van der Waals surface area contributed by atoms with Crippen LogP contribution in [0.1, 0.15) is 34.8 Å². The molecule has 0 aromatic heterocycles. The van der Waals surface area contributed by atoms with E-state index in [0.717, 1.165) is 22.4 Å². The average molecular weight is 625 g/mol. The third-order valence-electron chi connectivity index (χ3n) is 7.91. The molecule has 0 saturated carbocycles. The first kappa shape index (κ1) is 32.4. The number of nitrogens with one attached hydrogen (secondary N) is 1. The number of aliphatic hydroxyl groups excluding tert-OH is 1. The highest BCUT2D eigenvalue weighted by atomic mass is 16.5. The second kappa shape index (κ2) is 15.3. The summed E-state index contributed by atoms with van der Waals surface area (Å²) < 4.78 is 28.8. The molecule has 0 radical (unpaired) electrons. The predicted molar refractivity (Wildman–Crippen MR) is 176 cm³/mol. The number of aliphatic hydroxyl groups is 1. The molecule has 0 fully saturated rings. The number of aliphatic imine (C=N–C) groups is 1. The van der Waals surface area contributed by atoms with E-state index >= 15 is 0 Å². The molecule has 1 amide bonds. The van der Waals surface area contributed by atoms with Crippen LogP contribution in [0.4, 0.5) is 0 Å². The van der Waals surface area contributed by atoms with Crippen molar-refractivity contribution in [2.45, 2.75) is 30.9 Å². The Morgan fingerprint density at radius 1 is 0.870 bits per heavy atom. The van der Waals surface area contributed by atoms with Gasteiger partial charge in [0.1, 0.15) is 23.0 Å². The van der Waals surface area contributed by atoms with E-state index in [-0.39, 0.29) is 12.5 Å². The number of benzene rings is 4. The van der Waals surface area contributed by atoms with Crippen LogP contribution < -0.4 is 24.3 Å². The number of hydrogen-bond donors (Lipinski definition) is 2. The number of methoxy groups -OCH3 is 3. The summed E-state index contributed by atoms with van der Waals surface area (Å²) in [7, 11) is 4.85. The summed E-state index contributed by atoms with van der Waals surface area (Å²) in [5, 5.41) is 12.2. The zero-order chi connectivity index (χ0) is 32.4. The Labute approximate surface area is 269 Å². The predicted octanol–water partition coefficient (Wildman–Crippen LogP) is 5.33. The smallest absolute Gasteiger partial charge is 0.252 e. The molecule has 1 aliphatic heterocycles. The maximum absolute atomic E-state index is 14.5. The summed E-state index contributed by atoms with van der Waals surface area (Å²) in [5.74, 6) is 2.85. The molecule has 46 heavy (non-hydrogen) atoms. The van der Waals surface area contributed by atoms with Crippen LogP contribution in [-0.2, 0) is 22.4 Å². The highest BCUT2D eigenvalue weighted by molar-refractivity contribution is 6.01. The van der Waals surface area contributed by atoms with Gasteiger partial charge in [0.15, 0.2) is 11.6 Å². The number of ether oxygens (including phenoxy) is 5. The summed E-state index contributed by atoms with van der Waals surface area (Å²) in [4.78, 5) is 19.6. The summed E-state index contributed by atoms with van der Waals surface area (Å²) in [5.41, 5.74) is 2.00. The molecule has 0 bridgehead atoms. The first-order valence-corrected chi connectivity index (χ1v) is 15.3. The van der Waals surface area contributed by atoms with E-state index in [2.05, 4.69) is 5.32 Å². The van der Waals surface area contributed by atoms with E-state index in [1.54, 1.807) is 21.3 Å². The van der Waals surface area contributed by atoms with Crippen molar-refractivity contribution in [3.63, 3.8) is 0 Å². The number of amides is 1. The average Bonchev–Trinajstić information content (AvgIpc) is 3.49. The van der Waals surface area contributed by atoms with E-state index in [4.69, 9.17) is 33.8 Å². The molecule has 0 unspecified atom stereocenters. The lowest BCUT2D eigenvalue weighted by molar-refractivity contribution is -0.128. The minimum absolute atomic E-state index is 0.0625. The van der Waals surface area contributed by atoms with Gasteiger partial charge in [0, 0.05) is 31.6 Å². The van der Waals surface area contributed by atoms with Crippen molar-refractivity contribution < 1.29 is 33.6 Å². The van der Waals surface area contributed by atoms with Crippen LogP contribution in [0.2, 0.25) is 0 Å². The largest absolute Gasteiger partial charge is 0.497 e. The Hall–Kier alpha value is -5.02. The molecular formula is C37H40N2O7.